The summed E-state index contributed by atoms with van der Waals surface area (Å²) in [5.41, 5.74) is 0. The van der Waals surface area contributed by atoms with Crippen LogP contribution in [0.15, 0.2) is 12.2 Å². The predicted octanol–water partition coefficient (Wildman–Crippen LogP) is 2.65. The van der Waals surface area contributed by atoms with Gasteiger partial charge in [0.15, 0.2) is 0 Å². The molecule has 4 atom stereocenters. The first kappa shape index (κ1) is 17.1. The molecular weight excluding hydrogens is 306 g/mol. The minimum atomic E-state index is -0.402. The highest BCUT2D eigenvalue weighted by molar-refractivity contribution is 5.75. The molecule has 0 spiro atoms. The predicted molar refractivity (Wildman–Crippen MR) is 91.6 cm³/mol. The van der Waals surface area contributed by atoms with Crippen molar-refractivity contribution in [1.82, 2.24) is 15.5 Å². The van der Waals surface area contributed by atoms with E-state index in [1.807, 2.05) is 13.8 Å². The fraction of sp³-hybridized carbons (Fsp3) is 0.778. The van der Waals surface area contributed by atoms with Crippen LogP contribution in [0.3, 0.4) is 0 Å². The van der Waals surface area contributed by atoms with Crippen LogP contribution < -0.4 is 10.6 Å². The van der Waals surface area contributed by atoms with Gasteiger partial charge in [0.05, 0.1) is 18.2 Å². The number of likely N-dealkylation sites (tertiary alicyclic amines) is 1. The minimum Gasteiger partial charge on any atom is -0.447 e. The van der Waals surface area contributed by atoms with Gasteiger partial charge in [0.25, 0.3) is 0 Å². The Morgan fingerprint density at radius 2 is 2.00 bits per heavy atom. The Balaban J connectivity index is 1.46. The normalized spacial score (nSPS) is 31.9. The van der Waals surface area contributed by atoms with E-state index in [1.54, 1.807) is 4.90 Å². The third-order valence-electron chi connectivity index (χ3n) is 5.28. The third-order valence-corrected chi connectivity index (χ3v) is 5.28. The Kier molecular flexibility index (Phi) is 5.31. The zero-order valence-corrected chi connectivity index (χ0v) is 14.7. The fourth-order valence-corrected chi connectivity index (χ4v) is 4.08. The van der Waals surface area contributed by atoms with Crippen molar-refractivity contribution in [2.45, 2.75) is 64.1 Å². The first-order chi connectivity index (χ1) is 11.5. The molecule has 3 rings (SSSR count). The minimum absolute atomic E-state index is 0.0183. The Morgan fingerprint density at radius 3 is 2.79 bits per heavy atom. The highest BCUT2D eigenvalue weighted by atomic mass is 16.6. The molecule has 2 N–H and O–H groups in total. The van der Waals surface area contributed by atoms with Crippen molar-refractivity contribution in [3.05, 3.63) is 12.2 Å². The molecule has 0 radical (unpaired) electrons. The molecule has 2 fully saturated rings. The molecule has 6 nitrogen and oxygen atoms in total. The number of urea groups is 1. The van der Waals surface area contributed by atoms with Crippen LogP contribution in [0.2, 0.25) is 0 Å². The molecule has 1 aliphatic heterocycles. The van der Waals surface area contributed by atoms with Gasteiger partial charge in [-0.1, -0.05) is 18.6 Å². The number of carbonyl (C=O) groups is 2. The van der Waals surface area contributed by atoms with Crippen LogP contribution in [0, 0.1) is 11.8 Å². The highest BCUT2D eigenvalue weighted by Gasteiger charge is 2.33. The summed E-state index contributed by atoms with van der Waals surface area (Å²) >= 11 is 0. The van der Waals surface area contributed by atoms with Gasteiger partial charge in [-0.05, 0) is 51.4 Å². The van der Waals surface area contributed by atoms with Crippen LogP contribution in [-0.2, 0) is 4.74 Å². The first-order valence-corrected chi connectivity index (χ1v) is 9.22. The molecule has 0 aromatic rings. The van der Waals surface area contributed by atoms with E-state index < -0.39 is 6.09 Å². The molecule has 2 bridgehead atoms. The van der Waals surface area contributed by atoms with E-state index in [9.17, 15) is 9.59 Å². The summed E-state index contributed by atoms with van der Waals surface area (Å²) in [6.45, 7) is 4.86. The molecule has 0 aromatic carbocycles. The highest BCUT2D eigenvalue weighted by Crippen LogP contribution is 2.36. The van der Waals surface area contributed by atoms with Gasteiger partial charge in [-0.2, -0.15) is 0 Å². The van der Waals surface area contributed by atoms with E-state index >= 15 is 0 Å². The SMILES string of the molecule is CC(C)OC(=O)N[C@@H]1CCN(C(=O)NC2C=CC3CCCC2C3)C1. The second-order valence-corrected chi connectivity index (χ2v) is 7.58. The standard InChI is InChI=1S/C18H29N3O3/c1-12(2)24-18(23)19-15-8-9-21(11-15)17(22)20-16-7-6-13-4-3-5-14(16)10-13/h6-7,12-16H,3-5,8-11H2,1-2H3,(H,19,23)(H,20,22)/t13?,14?,15-,16?/m1/s1. The van der Waals surface area contributed by atoms with Gasteiger partial charge in [0.2, 0.25) is 0 Å². The number of nitrogens with zero attached hydrogens (tertiary/aromatic N) is 1. The molecule has 6 heteroatoms. The van der Waals surface area contributed by atoms with Gasteiger partial charge in [0, 0.05) is 13.1 Å². The Bertz CT molecular complexity index is 506. The zero-order valence-electron chi connectivity index (χ0n) is 14.7. The number of fused-ring (bicyclic) bond motifs is 2. The fourth-order valence-electron chi connectivity index (χ4n) is 4.08. The smallest absolute Gasteiger partial charge is 0.407 e. The van der Waals surface area contributed by atoms with Gasteiger partial charge >= 0.3 is 12.1 Å². The summed E-state index contributed by atoms with van der Waals surface area (Å²) in [6, 6.07) is 0.116. The molecule has 1 heterocycles. The van der Waals surface area contributed by atoms with E-state index in [2.05, 4.69) is 22.8 Å². The average molecular weight is 335 g/mol. The van der Waals surface area contributed by atoms with Gasteiger partial charge in [-0.3, -0.25) is 0 Å². The quantitative estimate of drug-likeness (QED) is 0.779. The molecular formula is C18H29N3O3. The Morgan fingerprint density at radius 1 is 1.17 bits per heavy atom. The number of carbonyl (C=O) groups excluding carboxylic acids is 2. The third kappa shape index (κ3) is 4.22. The van der Waals surface area contributed by atoms with Crippen LogP contribution in [0.4, 0.5) is 9.59 Å². The van der Waals surface area contributed by atoms with Gasteiger partial charge < -0.3 is 20.3 Å². The van der Waals surface area contributed by atoms with Crippen molar-refractivity contribution in [2.24, 2.45) is 11.8 Å². The number of hydrogen-bond acceptors (Lipinski definition) is 3. The van der Waals surface area contributed by atoms with Crippen LogP contribution in [0.1, 0.15) is 46.0 Å². The Labute approximate surface area is 144 Å². The summed E-state index contributed by atoms with van der Waals surface area (Å²) in [4.78, 5) is 26.0. The average Bonchev–Trinajstić information content (AvgIpc) is 2.98. The molecule has 134 valence electrons. The molecule has 3 aliphatic rings. The Hall–Kier alpha value is -1.72. The van der Waals surface area contributed by atoms with Crippen molar-refractivity contribution in [1.29, 1.82) is 0 Å². The first-order valence-electron chi connectivity index (χ1n) is 9.22. The van der Waals surface area contributed by atoms with Crippen molar-refractivity contribution in [2.75, 3.05) is 13.1 Å². The van der Waals surface area contributed by atoms with E-state index in [-0.39, 0.29) is 24.2 Å². The zero-order chi connectivity index (χ0) is 17.1. The summed E-state index contributed by atoms with van der Waals surface area (Å²) in [5.74, 6) is 1.29. The van der Waals surface area contributed by atoms with Crippen molar-refractivity contribution < 1.29 is 14.3 Å². The maximum Gasteiger partial charge on any atom is 0.407 e. The molecule has 3 unspecified atom stereocenters. The van der Waals surface area contributed by atoms with Gasteiger partial charge in [-0.25, -0.2) is 9.59 Å². The molecule has 1 saturated carbocycles. The second-order valence-electron chi connectivity index (χ2n) is 7.58. The largest absolute Gasteiger partial charge is 0.447 e. The van der Waals surface area contributed by atoms with E-state index in [0.717, 1.165) is 6.42 Å². The van der Waals surface area contributed by atoms with Gasteiger partial charge in [0.1, 0.15) is 0 Å². The van der Waals surface area contributed by atoms with Crippen molar-refractivity contribution in [3.63, 3.8) is 0 Å². The van der Waals surface area contributed by atoms with Crippen molar-refractivity contribution >= 4 is 12.1 Å². The molecule has 0 aromatic heterocycles. The van der Waals surface area contributed by atoms with E-state index in [1.165, 1.54) is 25.7 Å². The van der Waals surface area contributed by atoms with E-state index in [4.69, 9.17) is 4.74 Å². The monoisotopic (exact) mass is 335 g/mol. The maximum atomic E-state index is 12.5. The number of alkyl carbamates (subject to hydrolysis) is 1. The summed E-state index contributed by atoms with van der Waals surface area (Å²) in [7, 11) is 0. The van der Waals surface area contributed by atoms with Crippen LogP contribution in [-0.4, -0.2) is 48.3 Å². The molecule has 24 heavy (non-hydrogen) atoms. The maximum absolute atomic E-state index is 12.5. The topological polar surface area (TPSA) is 70.7 Å². The lowest BCUT2D eigenvalue weighted by Gasteiger charge is -2.37. The number of hydrogen-bond donors (Lipinski definition) is 2. The lowest BCUT2D eigenvalue weighted by molar-refractivity contribution is 0.112. The lowest BCUT2D eigenvalue weighted by Crippen LogP contribution is -2.49. The van der Waals surface area contributed by atoms with Crippen molar-refractivity contribution in [3.8, 4) is 0 Å². The summed E-state index contributed by atoms with van der Waals surface area (Å²) in [6.07, 6.45) is 9.65. The lowest BCUT2D eigenvalue weighted by atomic mass is 9.74. The molecule has 2 aliphatic carbocycles. The number of rotatable bonds is 3. The van der Waals surface area contributed by atoms with Crippen LogP contribution in [0.5, 0.6) is 0 Å². The summed E-state index contributed by atoms with van der Waals surface area (Å²) < 4.78 is 5.10. The van der Waals surface area contributed by atoms with Gasteiger partial charge in [-0.15, -0.1) is 0 Å². The van der Waals surface area contributed by atoms with Crippen LogP contribution >= 0.6 is 0 Å². The summed E-state index contributed by atoms with van der Waals surface area (Å²) in [5, 5.41) is 6.02. The number of amides is 3. The number of ether oxygens (including phenoxy) is 1. The van der Waals surface area contributed by atoms with Crippen LogP contribution in [0.25, 0.3) is 0 Å². The van der Waals surface area contributed by atoms with E-state index in [0.29, 0.717) is 24.9 Å². The number of allylic oxidation sites excluding steroid dienone is 1. The number of nitrogens with one attached hydrogen (secondary N) is 2. The second kappa shape index (κ2) is 7.45. The molecule has 1 saturated heterocycles. The molecule has 3 amide bonds.